The monoisotopic (exact) mass is 218 g/mol. The van der Waals surface area contributed by atoms with Crippen molar-refractivity contribution in [3.8, 4) is 0 Å². The molecule has 0 radical (unpaired) electrons. The molecule has 1 fully saturated rings. The van der Waals surface area contributed by atoms with E-state index < -0.39 is 35.8 Å². The number of aliphatic hydroxyl groups is 2. The molecule has 0 aromatic carbocycles. The first kappa shape index (κ1) is 12.4. The van der Waals surface area contributed by atoms with Gasteiger partial charge in [0, 0.05) is 19.4 Å². The molecule has 0 aromatic rings. The summed E-state index contributed by atoms with van der Waals surface area (Å²) in [4.78, 5) is 10.9. The van der Waals surface area contributed by atoms with E-state index in [4.69, 9.17) is 9.47 Å². The van der Waals surface area contributed by atoms with Crippen LogP contribution in [0.2, 0.25) is 0 Å². The summed E-state index contributed by atoms with van der Waals surface area (Å²) in [6, 6.07) is 0. The maximum Gasteiger partial charge on any atom is 0.303 e. The minimum absolute atomic E-state index is 0.476. The Balaban J connectivity index is 2.92. The van der Waals surface area contributed by atoms with Crippen LogP contribution in [0.5, 0.6) is 0 Å². The zero-order valence-electron chi connectivity index (χ0n) is 9.43. The van der Waals surface area contributed by atoms with Crippen LogP contribution in [0.4, 0.5) is 0 Å². The minimum Gasteiger partial charge on any atom is -0.459 e. The van der Waals surface area contributed by atoms with Gasteiger partial charge in [-0.1, -0.05) is 13.8 Å². The Morgan fingerprint density at radius 2 is 1.67 bits per heavy atom. The Kier molecular flexibility index (Phi) is 3.38. The molecule has 0 unspecified atom stereocenters. The fraction of sp³-hybridized carbons (Fsp3) is 0.900. The third-order valence-electron chi connectivity index (χ3n) is 2.98. The number of ether oxygens (including phenoxy) is 2. The molecule has 1 saturated carbocycles. The predicted octanol–water partition coefficient (Wildman–Crippen LogP) is -0.305. The summed E-state index contributed by atoms with van der Waals surface area (Å²) in [5.41, 5.74) is -0.612. The van der Waals surface area contributed by atoms with Crippen molar-refractivity contribution in [1.29, 1.82) is 0 Å². The third kappa shape index (κ3) is 2.00. The number of hydrogen-bond donors (Lipinski definition) is 2. The lowest BCUT2D eigenvalue weighted by Gasteiger charge is -2.31. The molecule has 0 heterocycles. The highest BCUT2D eigenvalue weighted by Gasteiger charge is 2.57. The lowest BCUT2D eigenvalue weighted by molar-refractivity contribution is -0.159. The van der Waals surface area contributed by atoms with Gasteiger partial charge in [0.2, 0.25) is 0 Å². The molecule has 0 aliphatic heterocycles. The topological polar surface area (TPSA) is 76.0 Å². The molecular formula is C10H18O5. The lowest BCUT2D eigenvalue weighted by atomic mass is 9.86. The summed E-state index contributed by atoms with van der Waals surface area (Å²) in [6.45, 7) is 4.84. The van der Waals surface area contributed by atoms with E-state index in [1.54, 1.807) is 13.8 Å². The standard InChI is InChI=1S/C10H18O5/c1-5(11)15-9-7(13)6(12)8(14-4)10(9,2)3/h6-9,12-13H,1-4H3/t6-,7+,8+,9-/m1/s1. The Morgan fingerprint density at radius 3 is 2.00 bits per heavy atom. The molecule has 0 bridgehead atoms. The third-order valence-corrected chi connectivity index (χ3v) is 2.98. The summed E-state index contributed by atoms with van der Waals surface area (Å²) < 4.78 is 10.1. The van der Waals surface area contributed by atoms with Crippen LogP contribution in [0.1, 0.15) is 20.8 Å². The van der Waals surface area contributed by atoms with E-state index in [2.05, 4.69) is 0 Å². The number of hydrogen-bond acceptors (Lipinski definition) is 5. The van der Waals surface area contributed by atoms with Crippen molar-refractivity contribution >= 4 is 5.97 Å². The Hall–Kier alpha value is -0.650. The first-order valence-corrected chi connectivity index (χ1v) is 4.88. The molecule has 5 heteroatoms. The van der Waals surface area contributed by atoms with E-state index in [-0.39, 0.29) is 0 Å². The lowest BCUT2D eigenvalue weighted by Crippen LogP contribution is -2.39. The van der Waals surface area contributed by atoms with Gasteiger partial charge in [0.1, 0.15) is 18.3 Å². The second kappa shape index (κ2) is 4.08. The second-order valence-corrected chi connectivity index (χ2v) is 4.49. The van der Waals surface area contributed by atoms with Crippen LogP contribution < -0.4 is 0 Å². The highest BCUT2D eigenvalue weighted by atomic mass is 16.6. The summed E-state index contributed by atoms with van der Waals surface area (Å²) in [6.07, 6.45) is -3.42. The van der Waals surface area contributed by atoms with Crippen LogP contribution in [0.25, 0.3) is 0 Å². The van der Waals surface area contributed by atoms with Gasteiger partial charge in [0.15, 0.2) is 0 Å². The second-order valence-electron chi connectivity index (χ2n) is 4.49. The number of aliphatic hydroxyl groups excluding tert-OH is 2. The molecule has 1 aliphatic rings. The molecule has 5 nitrogen and oxygen atoms in total. The molecule has 1 rings (SSSR count). The fourth-order valence-electron chi connectivity index (χ4n) is 2.24. The Morgan fingerprint density at radius 1 is 1.20 bits per heavy atom. The van der Waals surface area contributed by atoms with E-state index in [0.717, 1.165) is 0 Å². The van der Waals surface area contributed by atoms with Gasteiger partial charge in [-0.15, -0.1) is 0 Å². The van der Waals surface area contributed by atoms with Crippen molar-refractivity contribution in [2.45, 2.75) is 45.2 Å². The summed E-state index contributed by atoms with van der Waals surface area (Å²) in [7, 11) is 1.46. The highest BCUT2D eigenvalue weighted by Crippen LogP contribution is 2.41. The summed E-state index contributed by atoms with van der Waals surface area (Å²) >= 11 is 0. The number of rotatable bonds is 2. The summed E-state index contributed by atoms with van der Waals surface area (Å²) in [5, 5.41) is 19.4. The van der Waals surface area contributed by atoms with Crippen molar-refractivity contribution < 1.29 is 24.5 Å². The summed E-state index contributed by atoms with van der Waals surface area (Å²) in [5.74, 6) is -0.476. The largest absolute Gasteiger partial charge is 0.459 e. The first-order valence-electron chi connectivity index (χ1n) is 4.88. The number of methoxy groups -OCH3 is 1. The normalized spacial score (nSPS) is 39.1. The fourth-order valence-corrected chi connectivity index (χ4v) is 2.24. The van der Waals surface area contributed by atoms with E-state index in [0.29, 0.717) is 0 Å². The van der Waals surface area contributed by atoms with Crippen LogP contribution in [0, 0.1) is 5.41 Å². The van der Waals surface area contributed by atoms with Gasteiger partial charge in [0.05, 0.1) is 6.10 Å². The van der Waals surface area contributed by atoms with Crippen molar-refractivity contribution in [2.24, 2.45) is 5.41 Å². The molecule has 2 N–H and O–H groups in total. The number of carbonyl (C=O) groups is 1. The Labute approximate surface area is 89.0 Å². The minimum atomic E-state index is -1.10. The molecule has 1 aliphatic carbocycles. The SMILES string of the molecule is CO[C@H]1[C@H](O)[C@H](O)[C@@H](OC(C)=O)C1(C)C. The van der Waals surface area contributed by atoms with Gasteiger partial charge in [-0.2, -0.15) is 0 Å². The van der Waals surface area contributed by atoms with Crippen molar-refractivity contribution in [1.82, 2.24) is 0 Å². The van der Waals surface area contributed by atoms with Gasteiger partial charge >= 0.3 is 5.97 Å². The van der Waals surface area contributed by atoms with E-state index in [9.17, 15) is 15.0 Å². The maximum absolute atomic E-state index is 10.9. The van der Waals surface area contributed by atoms with E-state index in [1.807, 2.05) is 0 Å². The zero-order valence-corrected chi connectivity index (χ0v) is 9.43. The smallest absolute Gasteiger partial charge is 0.303 e. The zero-order chi connectivity index (χ0) is 11.8. The highest BCUT2D eigenvalue weighted by molar-refractivity contribution is 5.66. The van der Waals surface area contributed by atoms with Gasteiger partial charge in [-0.3, -0.25) is 4.79 Å². The van der Waals surface area contributed by atoms with Gasteiger partial charge < -0.3 is 19.7 Å². The van der Waals surface area contributed by atoms with Crippen molar-refractivity contribution in [3.05, 3.63) is 0 Å². The molecule has 0 saturated heterocycles. The van der Waals surface area contributed by atoms with Crippen LogP contribution in [0.15, 0.2) is 0 Å². The van der Waals surface area contributed by atoms with Crippen molar-refractivity contribution in [2.75, 3.05) is 7.11 Å². The average Bonchev–Trinajstić information content (AvgIpc) is 2.26. The van der Waals surface area contributed by atoms with E-state index >= 15 is 0 Å². The van der Waals surface area contributed by atoms with Crippen LogP contribution in [-0.4, -0.2) is 47.7 Å². The molecular weight excluding hydrogens is 200 g/mol. The van der Waals surface area contributed by atoms with Crippen LogP contribution >= 0.6 is 0 Å². The van der Waals surface area contributed by atoms with Crippen molar-refractivity contribution in [3.63, 3.8) is 0 Å². The molecule has 0 spiro atoms. The molecule has 15 heavy (non-hydrogen) atoms. The van der Waals surface area contributed by atoms with Crippen LogP contribution in [-0.2, 0) is 14.3 Å². The maximum atomic E-state index is 10.9. The van der Waals surface area contributed by atoms with Gasteiger partial charge in [-0.05, 0) is 0 Å². The number of carbonyl (C=O) groups excluding carboxylic acids is 1. The quantitative estimate of drug-likeness (QED) is 0.622. The van der Waals surface area contributed by atoms with Crippen LogP contribution in [0.3, 0.4) is 0 Å². The molecule has 4 atom stereocenters. The molecule has 0 aromatic heterocycles. The van der Waals surface area contributed by atoms with E-state index in [1.165, 1.54) is 14.0 Å². The molecule has 88 valence electrons. The first-order chi connectivity index (χ1) is 6.82. The van der Waals surface area contributed by atoms with Gasteiger partial charge in [0.25, 0.3) is 0 Å². The number of esters is 1. The van der Waals surface area contributed by atoms with Gasteiger partial charge in [-0.25, -0.2) is 0 Å². The Bertz CT molecular complexity index is 250. The average molecular weight is 218 g/mol. The predicted molar refractivity (Wildman–Crippen MR) is 52.1 cm³/mol. The molecule has 0 amide bonds.